The molecule has 1 fully saturated rings. The molecule has 0 spiro atoms. The fourth-order valence-corrected chi connectivity index (χ4v) is 2.57. The van der Waals surface area contributed by atoms with Crippen LogP contribution in [-0.2, 0) is 5.41 Å². The van der Waals surface area contributed by atoms with Crippen molar-refractivity contribution in [3.05, 3.63) is 35.6 Å². The number of halogens is 1. The van der Waals surface area contributed by atoms with Gasteiger partial charge in [-0.1, -0.05) is 12.1 Å². The molecule has 2 amide bonds. The minimum Gasteiger partial charge on any atom is -0.389 e. The number of hydrogen-bond acceptors (Lipinski definition) is 2. The number of carbonyl (C=O) groups is 1. The Morgan fingerprint density at radius 2 is 2.14 bits per heavy atom. The maximum atomic E-state index is 13.3. The number of likely N-dealkylation sites (N-methyl/N-ethyl adjacent to an activating group) is 1. The Kier molecular flexibility index (Phi) is 4.23. The van der Waals surface area contributed by atoms with E-state index in [1.165, 1.54) is 11.0 Å². The summed E-state index contributed by atoms with van der Waals surface area (Å²) in [4.78, 5) is 13.5. The van der Waals surface area contributed by atoms with Gasteiger partial charge in [0.15, 0.2) is 0 Å². The van der Waals surface area contributed by atoms with Crippen molar-refractivity contribution >= 4 is 6.03 Å². The zero-order valence-corrected chi connectivity index (χ0v) is 12.8. The van der Waals surface area contributed by atoms with Crippen LogP contribution in [0.1, 0.15) is 32.3 Å². The van der Waals surface area contributed by atoms with Crippen molar-refractivity contribution in [1.29, 1.82) is 0 Å². The van der Waals surface area contributed by atoms with Crippen LogP contribution in [0.25, 0.3) is 0 Å². The molecular formula is C16H23FN2O2. The number of rotatable bonds is 5. The van der Waals surface area contributed by atoms with Gasteiger partial charge in [0, 0.05) is 19.0 Å². The van der Waals surface area contributed by atoms with Crippen LogP contribution >= 0.6 is 0 Å². The van der Waals surface area contributed by atoms with Gasteiger partial charge in [0.25, 0.3) is 0 Å². The largest absolute Gasteiger partial charge is 0.389 e. The van der Waals surface area contributed by atoms with Crippen LogP contribution < -0.4 is 5.32 Å². The molecule has 0 aromatic heterocycles. The Labute approximate surface area is 125 Å². The van der Waals surface area contributed by atoms with Crippen molar-refractivity contribution in [1.82, 2.24) is 10.2 Å². The van der Waals surface area contributed by atoms with Gasteiger partial charge in [-0.2, -0.15) is 0 Å². The molecule has 2 rings (SSSR count). The zero-order chi connectivity index (χ0) is 15.7. The first kappa shape index (κ1) is 15.8. The Hall–Kier alpha value is -1.62. The second-order valence-corrected chi connectivity index (χ2v) is 6.62. The molecule has 2 N–H and O–H groups in total. The van der Waals surface area contributed by atoms with E-state index in [0.717, 1.165) is 18.4 Å². The maximum Gasteiger partial charge on any atom is 0.317 e. The highest BCUT2D eigenvalue weighted by molar-refractivity contribution is 5.74. The molecule has 0 radical (unpaired) electrons. The zero-order valence-electron chi connectivity index (χ0n) is 12.8. The minimum absolute atomic E-state index is 0.132. The Morgan fingerprint density at radius 3 is 2.67 bits per heavy atom. The van der Waals surface area contributed by atoms with Crippen LogP contribution in [0.4, 0.5) is 9.18 Å². The van der Waals surface area contributed by atoms with E-state index in [-0.39, 0.29) is 23.8 Å². The fourth-order valence-electron chi connectivity index (χ4n) is 2.57. The summed E-state index contributed by atoms with van der Waals surface area (Å²) in [6.45, 7) is 4.06. The number of nitrogens with one attached hydrogen (secondary N) is 1. The van der Waals surface area contributed by atoms with Crippen molar-refractivity contribution in [3.63, 3.8) is 0 Å². The SMILES string of the molecule is CN(CC(C)(C)O)C(=O)NCC1(c2cccc(F)c2)CC1. The van der Waals surface area contributed by atoms with Crippen LogP contribution in [-0.4, -0.2) is 41.8 Å². The Bertz CT molecular complexity index is 521. The first-order valence-corrected chi connectivity index (χ1v) is 7.19. The van der Waals surface area contributed by atoms with E-state index >= 15 is 0 Å². The van der Waals surface area contributed by atoms with E-state index in [0.29, 0.717) is 6.54 Å². The molecule has 116 valence electrons. The summed E-state index contributed by atoms with van der Waals surface area (Å²) in [5.41, 5.74) is -0.118. The summed E-state index contributed by atoms with van der Waals surface area (Å²) in [6.07, 6.45) is 1.90. The van der Waals surface area contributed by atoms with Crippen molar-refractivity contribution in [2.75, 3.05) is 20.1 Å². The van der Waals surface area contributed by atoms with Gasteiger partial charge < -0.3 is 15.3 Å². The highest BCUT2D eigenvalue weighted by atomic mass is 19.1. The van der Waals surface area contributed by atoms with Crippen LogP contribution in [0.5, 0.6) is 0 Å². The maximum absolute atomic E-state index is 13.3. The van der Waals surface area contributed by atoms with Crippen molar-refractivity contribution in [3.8, 4) is 0 Å². The number of benzene rings is 1. The van der Waals surface area contributed by atoms with E-state index in [2.05, 4.69) is 5.32 Å². The molecule has 5 heteroatoms. The van der Waals surface area contributed by atoms with Gasteiger partial charge in [-0.25, -0.2) is 9.18 Å². The van der Waals surface area contributed by atoms with E-state index in [1.807, 2.05) is 6.07 Å². The lowest BCUT2D eigenvalue weighted by Gasteiger charge is -2.26. The smallest absolute Gasteiger partial charge is 0.317 e. The summed E-state index contributed by atoms with van der Waals surface area (Å²) in [5, 5.41) is 12.6. The first-order chi connectivity index (χ1) is 9.72. The third-order valence-corrected chi connectivity index (χ3v) is 3.84. The van der Waals surface area contributed by atoms with Crippen LogP contribution in [0, 0.1) is 5.82 Å². The van der Waals surface area contributed by atoms with Crippen molar-refractivity contribution < 1.29 is 14.3 Å². The minimum atomic E-state index is -0.925. The second-order valence-electron chi connectivity index (χ2n) is 6.62. The van der Waals surface area contributed by atoms with E-state index in [4.69, 9.17) is 0 Å². The van der Waals surface area contributed by atoms with Crippen molar-refractivity contribution in [2.24, 2.45) is 0 Å². The van der Waals surface area contributed by atoms with Gasteiger partial charge in [-0.15, -0.1) is 0 Å². The summed E-state index contributed by atoms with van der Waals surface area (Å²) in [6, 6.07) is 6.35. The van der Waals surface area contributed by atoms with Gasteiger partial charge in [-0.3, -0.25) is 0 Å². The normalized spacial score (nSPS) is 16.4. The molecule has 0 unspecified atom stereocenters. The standard InChI is InChI=1S/C16H23FN2O2/c1-15(2,21)11-19(3)14(20)18-10-16(7-8-16)12-5-4-6-13(17)9-12/h4-6,9,21H,7-8,10-11H2,1-3H3,(H,18,20). The lowest BCUT2D eigenvalue weighted by atomic mass is 9.96. The van der Waals surface area contributed by atoms with Gasteiger partial charge >= 0.3 is 6.03 Å². The predicted molar refractivity (Wildman–Crippen MR) is 79.6 cm³/mol. The van der Waals surface area contributed by atoms with E-state index in [9.17, 15) is 14.3 Å². The molecule has 0 atom stereocenters. The van der Waals surface area contributed by atoms with Crippen LogP contribution in [0.3, 0.4) is 0 Å². The first-order valence-electron chi connectivity index (χ1n) is 7.19. The number of nitrogens with zero attached hydrogens (tertiary/aromatic N) is 1. The average molecular weight is 294 g/mol. The summed E-state index contributed by atoms with van der Waals surface area (Å²) in [7, 11) is 1.65. The predicted octanol–water partition coefficient (Wildman–Crippen LogP) is 2.27. The van der Waals surface area contributed by atoms with E-state index < -0.39 is 5.60 Å². The molecule has 4 nitrogen and oxygen atoms in total. The topological polar surface area (TPSA) is 52.6 Å². The number of carbonyl (C=O) groups excluding carboxylic acids is 1. The molecular weight excluding hydrogens is 271 g/mol. The number of amides is 2. The fraction of sp³-hybridized carbons (Fsp3) is 0.562. The molecule has 1 saturated carbocycles. The van der Waals surface area contributed by atoms with Gasteiger partial charge in [0.2, 0.25) is 0 Å². The quantitative estimate of drug-likeness (QED) is 0.875. The Balaban J connectivity index is 1.92. The monoisotopic (exact) mass is 294 g/mol. The third-order valence-electron chi connectivity index (χ3n) is 3.84. The highest BCUT2D eigenvalue weighted by Crippen LogP contribution is 2.47. The molecule has 0 aliphatic heterocycles. The molecule has 1 aromatic rings. The molecule has 1 aliphatic rings. The van der Waals surface area contributed by atoms with Gasteiger partial charge in [0.1, 0.15) is 5.82 Å². The lowest BCUT2D eigenvalue weighted by molar-refractivity contribution is 0.0531. The Morgan fingerprint density at radius 1 is 1.48 bits per heavy atom. The van der Waals surface area contributed by atoms with Crippen LogP contribution in [0.15, 0.2) is 24.3 Å². The molecule has 0 bridgehead atoms. The van der Waals surface area contributed by atoms with Gasteiger partial charge in [-0.05, 0) is 44.4 Å². The third kappa shape index (κ3) is 4.17. The van der Waals surface area contributed by atoms with Gasteiger partial charge in [0.05, 0.1) is 12.1 Å². The average Bonchev–Trinajstić information content (AvgIpc) is 3.15. The summed E-state index contributed by atoms with van der Waals surface area (Å²) < 4.78 is 13.3. The lowest BCUT2D eigenvalue weighted by Crippen LogP contribution is -2.46. The number of hydrogen-bond donors (Lipinski definition) is 2. The molecule has 21 heavy (non-hydrogen) atoms. The number of urea groups is 1. The van der Waals surface area contributed by atoms with Crippen LogP contribution in [0.2, 0.25) is 0 Å². The molecule has 0 heterocycles. The van der Waals surface area contributed by atoms with Crippen molar-refractivity contribution in [2.45, 2.75) is 37.7 Å². The summed E-state index contributed by atoms with van der Waals surface area (Å²) >= 11 is 0. The second kappa shape index (κ2) is 5.64. The molecule has 1 aliphatic carbocycles. The molecule has 1 aromatic carbocycles. The molecule has 0 saturated heterocycles. The highest BCUT2D eigenvalue weighted by Gasteiger charge is 2.44. The van der Waals surface area contributed by atoms with E-state index in [1.54, 1.807) is 33.0 Å². The summed E-state index contributed by atoms with van der Waals surface area (Å²) in [5.74, 6) is -0.246. The number of aliphatic hydroxyl groups is 1.